The molecule has 0 unspecified atom stereocenters. The Hall–Kier alpha value is -3.52. The fourth-order valence-electron chi connectivity index (χ4n) is 5.43. The predicted octanol–water partition coefficient (Wildman–Crippen LogP) is 4.46. The molecule has 3 N–H and O–H groups in total. The van der Waals surface area contributed by atoms with E-state index in [1.165, 1.54) is 16.7 Å². The van der Waals surface area contributed by atoms with Gasteiger partial charge in [-0.3, -0.25) is 9.69 Å². The summed E-state index contributed by atoms with van der Waals surface area (Å²) < 4.78 is 8.28. The Morgan fingerprint density at radius 2 is 1.92 bits per heavy atom. The first-order chi connectivity index (χ1) is 17.7. The van der Waals surface area contributed by atoms with Gasteiger partial charge in [-0.1, -0.05) is 6.92 Å². The highest BCUT2D eigenvalue weighted by molar-refractivity contribution is 5.93. The number of piperazine rings is 1. The second-order valence-corrected chi connectivity index (χ2v) is 10.8. The summed E-state index contributed by atoms with van der Waals surface area (Å²) in [6.45, 7) is 14.9. The summed E-state index contributed by atoms with van der Waals surface area (Å²) >= 11 is 0. The van der Waals surface area contributed by atoms with E-state index in [0.29, 0.717) is 6.42 Å². The molecule has 3 heterocycles. The lowest BCUT2D eigenvalue weighted by atomic mass is 9.91. The Bertz CT molecular complexity index is 1310. The third kappa shape index (κ3) is 4.90. The first-order valence-corrected chi connectivity index (χ1v) is 13.2. The first kappa shape index (κ1) is 25.1. The van der Waals surface area contributed by atoms with E-state index in [4.69, 9.17) is 10.5 Å². The van der Waals surface area contributed by atoms with Crippen molar-refractivity contribution < 1.29 is 9.53 Å². The van der Waals surface area contributed by atoms with Gasteiger partial charge in [0, 0.05) is 74.9 Å². The number of aromatic nitrogens is 2. The van der Waals surface area contributed by atoms with Crippen molar-refractivity contribution in [1.29, 1.82) is 0 Å². The average molecular weight is 503 g/mol. The zero-order valence-corrected chi connectivity index (χ0v) is 22.6. The summed E-state index contributed by atoms with van der Waals surface area (Å²) in [6.07, 6.45) is 6.73. The van der Waals surface area contributed by atoms with E-state index in [1.807, 2.05) is 23.8 Å². The Kier molecular flexibility index (Phi) is 6.62. The van der Waals surface area contributed by atoms with Crippen molar-refractivity contribution in [3.8, 4) is 11.4 Å². The Morgan fingerprint density at radius 1 is 1.16 bits per heavy atom. The van der Waals surface area contributed by atoms with E-state index in [1.54, 1.807) is 12.5 Å². The van der Waals surface area contributed by atoms with Crippen LogP contribution >= 0.6 is 0 Å². The number of nitrogens with two attached hydrogens (primary N) is 1. The third-order valence-corrected chi connectivity index (χ3v) is 7.73. The van der Waals surface area contributed by atoms with Crippen LogP contribution in [0.15, 0.2) is 36.9 Å². The normalized spacial score (nSPS) is 16.9. The molecule has 1 aromatic heterocycles. The number of nitrogens with one attached hydrogen (secondary N) is 1. The summed E-state index contributed by atoms with van der Waals surface area (Å²) in [7, 11) is 0. The Balaban J connectivity index is 1.33. The average Bonchev–Trinajstić information content (AvgIpc) is 3.53. The number of nitrogen functional groups attached to an aromatic ring is 1. The maximum absolute atomic E-state index is 12.1. The topological polar surface area (TPSA) is 88.7 Å². The van der Waals surface area contributed by atoms with Gasteiger partial charge in [-0.15, -0.1) is 0 Å². The van der Waals surface area contributed by atoms with Crippen LogP contribution in [0.2, 0.25) is 0 Å². The molecule has 0 atom stereocenters. The van der Waals surface area contributed by atoms with Crippen molar-refractivity contribution in [2.45, 2.75) is 59.6 Å². The lowest BCUT2D eigenvalue weighted by molar-refractivity contribution is -0.115. The van der Waals surface area contributed by atoms with Crippen molar-refractivity contribution in [2.75, 3.05) is 42.1 Å². The molecule has 1 saturated heterocycles. The Morgan fingerprint density at radius 3 is 2.59 bits per heavy atom. The summed E-state index contributed by atoms with van der Waals surface area (Å²) in [5.41, 5.74) is 15.0. The number of imidazole rings is 1. The number of ether oxygens (including phenoxy) is 1. The smallest absolute Gasteiger partial charge is 0.224 e. The van der Waals surface area contributed by atoms with Crippen LogP contribution in [0, 0.1) is 13.8 Å². The van der Waals surface area contributed by atoms with Crippen LogP contribution in [0.1, 0.15) is 49.4 Å². The molecule has 0 spiro atoms. The maximum Gasteiger partial charge on any atom is 0.224 e. The van der Waals surface area contributed by atoms with Crippen LogP contribution in [0.3, 0.4) is 0 Å². The van der Waals surface area contributed by atoms with Crippen molar-refractivity contribution >= 4 is 23.0 Å². The molecule has 37 heavy (non-hydrogen) atoms. The van der Waals surface area contributed by atoms with Crippen LogP contribution in [0.5, 0.6) is 5.75 Å². The molecule has 0 bridgehead atoms. The summed E-state index contributed by atoms with van der Waals surface area (Å²) in [6, 6.07) is 6.22. The molecule has 8 heteroatoms. The van der Waals surface area contributed by atoms with E-state index in [0.717, 1.165) is 73.2 Å². The molecule has 196 valence electrons. The quantitative estimate of drug-likeness (QED) is 0.484. The number of nitrogens with zero attached hydrogens (tertiary/aromatic N) is 4. The number of anilines is 3. The van der Waals surface area contributed by atoms with E-state index in [2.05, 4.69) is 59.9 Å². The maximum atomic E-state index is 12.1. The van der Waals surface area contributed by atoms with Crippen molar-refractivity contribution in [3.63, 3.8) is 0 Å². The summed E-state index contributed by atoms with van der Waals surface area (Å²) in [4.78, 5) is 21.2. The number of benzene rings is 2. The minimum atomic E-state index is -0.198. The monoisotopic (exact) mass is 502 g/mol. The molecular weight excluding hydrogens is 464 g/mol. The van der Waals surface area contributed by atoms with Crippen molar-refractivity contribution in [2.24, 2.45) is 0 Å². The van der Waals surface area contributed by atoms with E-state index < -0.39 is 0 Å². The van der Waals surface area contributed by atoms with Gasteiger partial charge in [0.2, 0.25) is 5.91 Å². The number of hydrogen-bond acceptors (Lipinski definition) is 6. The van der Waals surface area contributed by atoms with Crippen LogP contribution < -0.4 is 20.7 Å². The molecular formula is C29H38N6O2. The fourth-order valence-corrected chi connectivity index (χ4v) is 5.43. The van der Waals surface area contributed by atoms with E-state index in [-0.39, 0.29) is 11.5 Å². The Labute approximate surface area is 219 Å². The van der Waals surface area contributed by atoms with Gasteiger partial charge in [0.15, 0.2) is 0 Å². The zero-order chi connectivity index (χ0) is 26.3. The molecule has 2 aliphatic heterocycles. The lowest BCUT2D eigenvalue weighted by Crippen LogP contribution is -2.46. The molecule has 5 rings (SSSR count). The van der Waals surface area contributed by atoms with E-state index in [9.17, 15) is 4.79 Å². The zero-order valence-electron chi connectivity index (χ0n) is 22.6. The molecule has 1 fully saturated rings. The number of carbonyl (C=O) groups is 1. The third-order valence-electron chi connectivity index (χ3n) is 7.73. The number of hydrogen-bond donors (Lipinski definition) is 2. The number of carbonyl (C=O) groups excluding carboxylic acids is 1. The van der Waals surface area contributed by atoms with Gasteiger partial charge in [0.05, 0.1) is 17.7 Å². The van der Waals surface area contributed by atoms with Gasteiger partial charge < -0.3 is 25.3 Å². The van der Waals surface area contributed by atoms with Gasteiger partial charge in [-0.2, -0.15) is 0 Å². The van der Waals surface area contributed by atoms with Crippen LogP contribution in [-0.2, 0) is 17.8 Å². The molecule has 0 radical (unpaired) electrons. The fraction of sp³-hybridized carbons (Fsp3) is 0.448. The molecule has 0 saturated carbocycles. The van der Waals surface area contributed by atoms with Gasteiger partial charge >= 0.3 is 0 Å². The van der Waals surface area contributed by atoms with Crippen molar-refractivity contribution in [3.05, 3.63) is 59.2 Å². The van der Waals surface area contributed by atoms with Gasteiger partial charge in [0.1, 0.15) is 11.4 Å². The molecule has 8 nitrogen and oxygen atoms in total. The highest BCUT2D eigenvalue weighted by atomic mass is 16.5. The second kappa shape index (κ2) is 9.74. The highest BCUT2D eigenvalue weighted by Gasteiger charge is 2.35. The van der Waals surface area contributed by atoms with Crippen LogP contribution in [0.4, 0.5) is 17.1 Å². The van der Waals surface area contributed by atoms with Crippen LogP contribution in [0.25, 0.3) is 5.69 Å². The second-order valence-electron chi connectivity index (χ2n) is 10.8. The van der Waals surface area contributed by atoms with Gasteiger partial charge in [-0.25, -0.2) is 4.98 Å². The first-order valence-electron chi connectivity index (χ1n) is 13.2. The summed E-state index contributed by atoms with van der Waals surface area (Å²) in [5, 5.41) is 3.02. The summed E-state index contributed by atoms with van der Waals surface area (Å²) in [5.74, 6) is 1.03. The number of amides is 1. The number of rotatable bonds is 6. The minimum absolute atomic E-state index is 0.00591. The van der Waals surface area contributed by atoms with Gasteiger partial charge in [-0.05, 0) is 62.6 Å². The molecule has 3 aromatic rings. The van der Waals surface area contributed by atoms with Crippen molar-refractivity contribution in [1.82, 2.24) is 14.5 Å². The standard InChI is InChI=1S/C29H38N6O2/c1-6-26(36)32-24-8-7-21(15-25(24)35-10-9-31-18-35)34-13-11-33(12-14-34)17-23-22-16-29(4,5)37-28(22)20(3)19(2)27(23)30/h7-10,15,18H,6,11-14,16-17,30H2,1-5H3,(H,32,36). The largest absolute Gasteiger partial charge is 0.487 e. The number of fused-ring (bicyclic) bond motifs is 1. The van der Waals surface area contributed by atoms with E-state index >= 15 is 0 Å². The minimum Gasteiger partial charge on any atom is -0.487 e. The van der Waals surface area contributed by atoms with Crippen LogP contribution in [-0.4, -0.2) is 52.1 Å². The molecule has 0 aliphatic carbocycles. The predicted molar refractivity (Wildman–Crippen MR) is 149 cm³/mol. The van der Waals surface area contributed by atoms with Gasteiger partial charge in [0.25, 0.3) is 0 Å². The molecule has 2 aliphatic rings. The SMILES string of the molecule is CCC(=O)Nc1ccc(N2CCN(Cc3c(N)c(C)c(C)c4c3CC(C)(C)O4)CC2)cc1-n1ccnc1. The lowest BCUT2D eigenvalue weighted by Gasteiger charge is -2.37. The molecule has 2 aromatic carbocycles. The highest BCUT2D eigenvalue weighted by Crippen LogP contribution is 2.44. The molecule has 1 amide bonds.